The molecule has 148 valence electrons. The van der Waals surface area contributed by atoms with E-state index >= 15 is 0 Å². The number of aromatic nitrogens is 3. The minimum absolute atomic E-state index is 0.0557. The Balaban J connectivity index is 1.66. The molecule has 0 bridgehead atoms. The number of halogens is 1. The molecule has 0 spiro atoms. The molecule has 3 aromatic rings. The van der Waals surface area contributed by atoms with Gasteiger partial charge < -0.3 is 4.57 Å². The van der Waals surface area contributed by atoms with Crippen molar-refractivity contribution in [2.45, 2.75) is 37.6 Å². The molecule has 0 amide bonds. The second-order valence-corrected chi connectivity index (χ2v) is 10.0. The molecule has 6 nitrogen and oxygen atoms in total. The van der Waals surface area contributed by atoms with Gasteiger partial charge in [0.25, 0.3) is 0 Å². The number of nitrogens with zero attached hydrogens (tertiary/aromatic N) is 4. The highest BCUT2D eigenvalue weighted by Gasteiger charge is 2.35. The van der Waals surface area contributed by atoms with Crippen molar-refractivity contribution in [3.63, 3.8) is 0 Å². The topological polar surface area (TPSA) is 68.1 Å². The average molecular weight is 419 g/mol. The fraction of sp³-hybridized carbons (Fsp3) is 0.400. The zero-order chi connectivity index (χ0) is 19.9. The van der Waals surface area contributed by atoms with Crippen LogP contribution in [0.5, 0.6) is 0 Å². The van der Waals surface area contributed by atoms with Crippen molar-refractivity contribution in [1.29, 1.82) is 0 Å². The molecular weight excluding hydrogens is 396 g/mol. The van der Waals surface area contributed by atoms with E-state index in [0.29, 0.717) is 24.0 Å². The molecule has 0 N–H and O–H groups in total. The fourth-order valence-electron chi connectivity index (χ4n) is 3.79. The second kappa shape index (κ2) is 7.46. The highest BCUT2D eigenvalue weighted by atomic mass is 35.5. The number of sulfonamides is 1. The van der Waals surface area contributed by atoms with Crippen LogP contribution in [-0.2, 0) is 16.6 Å². The summed E-state index contributed by atoms with van der Waals surface area (Å²) in [6.07, 6.45) is 4.32. The van der Waals surface area contributed by atoms with Gasteiger partial charge in [-0.1, -0.05) is 31.5 Å². The zero-order valence-electron chi connectivity index (χ0n) is 15.9. The van der Waals surface area contributed by atoms with Crippen LogP contribution in [0.4, 0.5) is 0 Å². The van der Waals surface area contributed by atoms with Gasteiger partial charge in [-0.05, 0) is 36.6 Å². The molecule has 0 unspecified atom stereocenters. The first kappa shape index (κ1) is 19.4. The van der Waals surface area contributed by atoms with Crippen LogP contribution >= 0.6 is 11.6 Å². The molecule has 1 fully saturated rings. The van der Waals surface area contributed by atoms with E-state index in [4.69, 9.17) is 16.6 Å². The van der Waals surface area contributed by atoms with E-state index in [9.17, 15) is 8.42 Å². The Morgan fingerprint density at radius 2 is 2.11 bits per heavy atom. The second-order valence-electron chi connectivity index (χ2n) is 7.64. The van der Waals surface area contributed by atoms with Crippen LogP contribution in [0.15, 0.2) is 47.6 Å². The molecule has 8 heteroatoms. The molecule has 28 heavy (non-hydrogen) atoms. The Kier molecular flexibility index (Phi) is 5.16. The molecular formula is C20H23ClN4O2S. The predicted octanol–water partition coefficient (Wildman–Crippen LogP) is 3.92. The summed E-state index contributed by atoms with van der Waals surface area (Å²) in [4.78, 5) is 9.31. The molecule has 4 rings (SSSR count). The van der Waals surface area contributed by atoms with Crippen LogP contribution < -0.4 is 0 Å². The number of fused-ring (bicyclic) bond motifs is 1. The van der Waals surface area contributed by atoms with Crippen molar-refractivity contribution < 1.29 is 8.42 Å². The smallest absolute Gasteiger partial charge is 0.243 e. The number of rotatable bonds is 5. The Morgan fingerprint density at radius 3 is 2.86 bits per heavy atom. The Bertz CT molecular complexity index is 1110. The van der Waals surface area contributed by atoms with Gasteiger partial charge in [0.15, 0.2) is 0 Å². The standard InChI is InChI=1S/C20H23ClN4O2S/c1-14(2)12-25-19-11-22-8-6-18(19)23-20(25)15-7-9-24(13-15)28(26,27)17-5-3-4-16(21)10-17/h3-6,8,10-11,14-15H,7,9,12-13H2,1-2H3/t15-/m1/s1. The van der Waals surface area contributed by atoms with Gasteiger partial charge in [0, 0.05) is 36.8 Å². The molecule has 2 aromatic heterocycles. The monoisotopic (exact) mass is 418 g/mol. The predicted molar refractivity (Wildman–Crippen MR) is 110 cm³/mol. The van der Waals surface area contributed by atoms with Crippen molar-refractivity contribution in [3.8, 4) is 0 Å². The van der Waals surface area contributed by atoms with Crippen molar-refractivity contribution in [1.82, 2.24) is 18.8 Å². The zero-order valence-corrected chi connectivity index (χ0v) is 17.5. The molecule has 1 aromatic carbocycles. The lowest BCUT2D eigenvalue weighted by atomic mass is 10.1. The quantitative estimate of drug-likeness (QED) is 0.629. The Morgan fingerprint density at radius 1 is 1.29 bits per heavy atom. The van der Waals surface area contributed by atoms with Crippen LogP contribution in [-0.4, -0.2) is 40.3 Å². The third-order valence-corrected chi connectivity index (χ3v) is 7.17. The van der Waals surface area contributed by atoms with Gasteiger partial charge >= 0.3 is 0 Å². The van der Waals surface area contributed by atoms with Crippen LogP contribution in [0.25, 0.3) is 11.0 Å². The van der Waals surface area contributed by atoms with E-state index in [1.54, 1.807) is 28.7 Å². The van der Waals surface area contributed by atoms with E-state index in [-0.39, 0.29) is 10.8 Å². The van der Waals surface area contributed by atoms with Crippen molar-refractivity contribution in [3.05, 3.63) is 53.6 Å². The SMILES string of the molecule is CC(C)Cn1c([C@@H]2CCN(S(=O)(=O)c3cccc(Cl)c3)C2)nc2ccncc21. The highest BCUT2D eigenvalue weighted by molar-refractivity contribution is 7.89. The molecule has 0 radical (unpaired) electrons. The number of imidazole rings is 1. The van der Waals surface area contributed by atoms with Crippen molar-refractivity contribution in [2.75, 3.05) is 13.1 Å². The third kappa shape index (κ3) is 3.54. The van der Waals surface area contributed by atoms with Crippen LogP contribution in [0, 0.1) is 5.92 Å². The molecule has 3 heterocycles. The van der Waals surface area contributed by atoms with Gasteiger partial charge in [-0.15, -0.1) is 0 Å². The first-order chi connectivity index (χ1) is 13.4. The van der Waals surface area contributed by atoms with Crippen molar-refractivity contribution >= 4 is 32.7 Å². The van der Waals surface area contributed by atoms with Gasteiger partial charge in [0.1, 0.15) is 5.82 Å². The molecule has 1 atom stereocenters. The lowest BCUT2D eigenvalue weighted by Crippen LogP contribution is -2.29. The largest absolute Gasteiger partial charge is 0.326 e. The molecule has 1 aliphatic rings. The lowest BCUT2D eigenvalue weighted by Gasteiger charge is -2.18. The maximum Gasteiger partial charge on any atom is 0.243 e. The van der Waals surface area contributed by atoms with E-state index < -0.39 is 10.0 Å². The number of benzene rings is 1. The summed E-state index contributed by atoms with van der Waals surface area (Å²) < 4.78 is 29.8. The maximum absolute atomic E-state index is 13.0. The minimum atomic E-state index is -3.57. The van der Waals surface area contributed by atoms with Crippen molar-refractivity contribution in [2.24, 2.45) is 5.92 Å². The summed E-state index contributed by atoms with van der Waals surface area (Å²) in [5.41, 5.74) is 1.91. The van der Waals surface area contributed by atoms with Gasteiger partial charge in [-0.3, -0.25) is 4.98 Å². The molecule has 1 saturated heterocycles. The minimum Gasteiger partial charge on any atom is -0.326 e. The summed E-state index contributed by atoms with van der Waals surface area (Å²) in [5.74, 6) is 1.45. The third-order valence-electron chi connectivity index (χ3n) is 5.08. The number of hydrogen-bond donors (Lipinski definition) is 0. The van der Waals surface area contributed by atoms with Gasteiger partial charge in [-0.25, -0.2) is 13.4 Å². The van der Waals surface area contributed by atoms with Crippen LogP contribution in [0.2, 0.25) is 5.02 Å². The normalized spacial score (nSPS) is 18.4. The molecule has 1 aliphatic heterocycles. The van der Waals surface area contributed by atoms with Gasteiger partial charge in [-0.2, -0.15) is 4.31 Å². The first-order valence-electron chi connectivity index (χ1n) is 9.42. The molecule has 0 aliphatic carbocycles. The van der Waals surface area contributed by atoms with E-state index in [1.807, 2.05) is 12.3 Å². The number of pyridine rings is 1. The Hall–Kier alpha value is -1.96. The summed E-state index contributed by atoms with van der Waals surface area (Å²) in [6.45, 7) is 6.05. The highest BCUT2D eigenvalue weighted by Crippen LogP contribution is 2.33. The Labute approximate surface area is 170 Å². The maximum atomic E-state index is 13.0. The summed E-state index contributed by atoms with van der Waals surface area (Å²) in [5, 5.41) is 0.419. The first-order valence-corrected chi connectivity index (χ1v) is 11.2. The van der Waals surface area contributed by atoms with Gasteiger partial charge in [0.2, 0.25) is 10.0 Å². The van der Waals surface area contributed by atoms with E-state index in [2.05, 4.69) is 23.4 Å². The number of hydrogen-bond acceptors (Lipinski definition) is 4. The van der Waals surface area contributed by atoms with Crippen LogP contribution in [0.1, 0.15) is 32.0 Å². The summed E-state index contributed by atoms with van der Waals surface area (Å²) >= 11 is 5.99. The summed E-state index contributed by atoms with van der Waals surface area (Å²) in [7, 11) is -3.57. The molecule has 0 saturated carbocycles. The lowest BCUT2D eigenvalue weighted by molar-refractivity contribution is 0.463. The van der Waals surface area contributed by atoms with E-state index in [1.165, 1.54) is 6.07 Å². The fourth-order valence-corrected chi connectivity index (χ4v) is 5.59. The van der Waals surface area contributed by atoms with Gasteiger partial charge in [0.05, 0.1) is 22.1 Å². The average Bonchev–Trinajstić information content (AvgIpc) is 3.27. The van der Waals surface area contributed by atoms with E-state index in [0.717, 1.165) is 29.8 Å². The van der Waals surface area contributed by atoms with Crippen LogP contribution in [0.3, 0.4) is 0 Å². The summed E-state index contributed by atoms with van der Waals surface area (Å²) in [6, 6.07) is 8.34.